The van der Waals surface area contributed by atoms with Gasteiger partial charge in [0, 0.05) is 18.2 Å². The number of hydrogen-bond acceptors (Lipinski definition) is 6. The van der Waals surface area contributed by atoms with Gasteiger partial charge in [0.05, 0.1) is 11.3 Å². The van der Waals surface area contributed by atoms with Crippen molar-refractivity contribution in [1.29, 1.82) is 0 Å². The number of rotatable bonds is 9. The van der Waals surface area contributed by atoms with Crippen molar-refractivity contribution in [1.82, 2.24) is 10.0 Å². The molecule has 8 nitrogen and oxygen atoms in total. The number of amides is 1. The van der Waals surface area contributed by atoms with Gasteiger partial charge < -0.3 is 10.1 Å². The van der Waals surface area contributed by atoms with E-state index in [1.807, 2.05) is 0 Å². The first-order chi connectivity index (χ1) is 13.7. The maximum Gasteiger partial charge on any atom is 0.307 e. The Kier molecular flexibility index (Phi) is 8.33. The molecule has 0 aliphatic heterocycles. The standard InChI is InChI=1S/C20H28N2O6S/c1-14-5-3-4-6-18(14)22-19(24)13-28-20(25)11-12-21-29(26,27)17-9-7-16(8-10-17)15(2)23/h7-10,14,18,21H,3-6,11-13H2,1-2H3,(H,22,24)/t14-,18+/m0/s1. The van der Waals surface area contributed by atoms with Crippen LogP contribution in [0.1, 0.15) is 56.3 Å². The molecule has 2 N–H and O–H groups in total. The Balaban J connectivity index is 1.71. The molecular formula is C20H28N2O6S. The van der Waals surface area contributed by atoms with E-state index in [1.54, 1.807) is 0 Å². The van der Waals surface area contributed by atoms with Crippen LogP contribution < -0.4 is 10.0 Å². The minimum atomic E-state index is -3.80. The van der Waals surface area contributed by atoms with Gasteiger partial charge in [-0.1, -0.05) is 31.9 Å². The number of ketones is 1. The zero-order chi connectivity index (χ0) is 21.4. The summed E-state index contributed by atoms with van der Waals surface area (Å²) < 4.78 is 31.6. The molecule has 1 aromatic carbocycles. The van der Waals surface area contributed by atoms with E-state index in [0.29, 0.717) is 11.5 Å². The highest BCUT2D eigenvalue weighted by Gasteiger charge is 2.23. The van der Waals surface area contributed by atoms with Crippen LogP contribution in [0.25, 0.3) is 0 Å². The van der Waals surface area contributed by atoms with Gasteiger partial charge >= 0.3 is 5.97 Å². The maximum absolute atomic E-state index is 12.2. The van der Waals surface area contributed by atoms with Crippen LogP contribution in [-0.4, -0.2) is 45.3 Å². The molecule has 0 unspecified atom stereocenters. The van der Waals surface area contributed by atoms with Gasteiger partial charge in [-0.15, -0.1) is 0 Å². The molecule has 1 aliphatic carbocycles. The molecule has 0 heterocycles. The van der Waals surface area contributed by atoms with Gasteiger partial charge in [0.2, 0.25) is 10.0 Å². The second-order valence-corrected chi connectivity index (χ2v) is 9.09. The molecule has 0 spiro atoms. The topological polar surface area (TPSA) is 119 Å². The van der Waals surface area contributed by atoms with E-state index < -0.39 is 16.0 Å². The van der Waals surface area contributed by atoms with E-state index in [0.717, 1.165) is 19.3 Å². The van der Waals surface area contributed by atoms with Crippen molar-refractivity contribution in [3.63, 3.8) is 0 Å². The van der Waals surface area contributed by atoms with E-state index in [1.165, 1.54) is 37.6 Å². The first-order valence-corrected chi connectivity index (χ1v) is 11.2. The summed E-state index contributed by atoms with van der Waals surface area (Å²) in [6.07, 6.45) is 4.04. The number of carbonyl (C=O) groups is 3. The zero-order valence-electron chi connectivity index (χ0n) is 16.8. The average molecular weight is 425 g/mol. The molecule has 1 fully saturated rings. The summed E-state index contributed by atoms with van der Waals surface area (Å²) >= 11 is 0. The predicted octanol–water partition coefficient (Wildman–Crippen LogP) is 1.80. The Morgan fingerprint density at radius 1 is 1.10 bits per heavy atom. The molecule has 0 saturated heterocycles. The third-order valence-electron chi connectivity index (χ3n) is 5.01. The number of benzene rings is 1. The summed E-state index contributed by atoms with van der Waals surface area (Å²) in [4.78, 5) is 34.9. The predicted molar refractivity (Wildman–Crippen MR) is 107 cm³/mol. The van der Waals surface area contributed by atoms with Gasteiger partial charge in [-0.25, -0.2) is 13.1 Å². The normalized spacial score (nSPS) is 19.4. The Morgan fingerprint density at radius 2 is 1.76 bits per heavy atom. The number of nitrogens with one attached hydrogen (secondary N) is 2. The minimum Gasteiger partial charge on any atom is -0.456 e. The van der Waals surface area contributed by atoms with Gasteiger partial charge in [0.1, 0.15) is 0 Å². The molecule has 1 amide bonds. The highest BCUT2D eigenvalue weighted by Crippen LogP contribution is 2.23. The second kappa shape index (κ2) is 10.5. The summed E-state index contributed by atoms with van der Waals surface area (Å²) in [5.74, 6) is -0.760. The summed E-state index contributed by atoms with van der Waals surface area (Å²) in [7, 11) is -3.80. The molecule has 9 heteroatoms. The number of ether oxygens (including phenoxy) is 1. The first kappa shape index (κ1) is 23.0. The fourth-order valence-corrected chi connectivity index (χ4v) is 4.27. The van der Waals surface area contributed by atoms with E-state index >= 15 is 0 Å². The highest BCUT2D eigenvalue weighted by molar-refractivity contribution is 7.89. The summed E-state index contributed by atoms with van der Waals surface area (Å²) in [5.41, 5.74) is 0.411. The van der Waals surface area contributed by atoms with Gasteiger partial charge in [-0.3, -0.25) is 14.4 Å². The van der Waals surface area contributed by atoms with Crippen LogP contribution in [0, 0.1) is 5.92 Å². The monoisotopic (exact) mass is 424 g/mol. The number of carbonyl (C=O) groups excluding carboxylic acids is 3. The molecule has 1 aliphatic rings. The van der Waals surface area contributed by atoms with Crippen LogP contribution in [0.2, 0.25) is 0 Å². The van der Waals surface area contributed by atoms with Crippen molar-refractivity contribution in [3.8, 4) is 0 Å². The van der Waals surface area contributed by atoms with Crippen LogP contribution in [0.4, 0.5) is 0 Å². The van der Waals surface area contributed by atoms with E-state index in [2.05, 4.69) is 17.0 Å². The Morgan fingerprint density at radius 3 is 2.38 bits per heavy atom. The first-order valence-electron chi connectivity index (χ1n) is 9.74. The molecule has 2 rings (SSSR count). The van der Waals surface area contributed by atoms with Crippen molar-refractivity contribution in [3.05, 3.63) is 29.8 Å². The number of esters is 1. The lowest BCUT2D eigenvalue weighted by molar-refractivity contribution is -0.148. The fourth-order valence-electron chi connectivity index (χ4n) is 3.24. The van der Waals surface area contributed by atoms with Crippen molar-refractivity contribution >= 4 is 27.7 Å². The maximum atomic E-state index is 12.2. The van der Waals surface area contributed by atoms with Crippen LogP contribution >= 0.6 is 0 Å². The molecule has 0 radical (unpaired) electrons. The van der Waals surface area contributed by atoms with Gasteiger partial charge in [-0.2, -0.15) is 0 Å². The fraction of sp³-hybridized carbons (Fsp3) is 0.550. The van der Waals surface area contributed by atoms with Crippen LogP contribution in [0.5, 0.6) is 0 Å². The number of Topliss-reactive ketones (excluding diaryl/α,β-unsaturated/α-hetero) is 1. The van der Waals surface area contributed by atoms with Crippen molar-refractivity contribution < 1.29 is 27.5 Å². The lowest BCUT2D eigenvalue weighted by atomic mass is 9.86. The quantitative estimate of drug-likeness (QED) is 0.461. The molecule has 1 aromatic rings. The van der Waals surface area contributed by atoms with Crippen molar-refractivity contribution in [2.75, 3.05) is 13.2 Å². The molecule has 29 heavy (non-hydrogen) atoms. The summed E-state index contributed by atoms with van der Waals surface area (Å²) in [6, 6.07) is 5.62. The van der Waals surface area contributed by atoms with Crippen LogP contribution in [0.3, 0.4) is 0 Å². The Labute approximate surface area is 171 Å². The largest absolute Gasteiger partial charge is 0.456 e. The van der Waals surface area contributed by atoms with Crippen LogP contribution in [-0.2, 0) is 24.3 Å². The molecule has 0 aromatic heterocycles. The smallest absolute Gasteiger partial charge is 0.307 e. The lowest BCUT2D eigenvalue weighted by Gasteiger charge is -2.29. The van der Waals surface area contributed by atoms with E-state index in [4.69, 9.17) is 4.74 Å². The molecule has 160 valence electrons. The average Bonchev–Trinajstić information content (AvgIpc) is 2.68. The highest BCUT2D eigenvalue weighted by atomic mass is 32.2. The molecule has 0 bridgehead atoms. The van der Waals surface area contributed by atoms with Crippen molar-refractivity contribution in [2.24, 2.45) is 5.92 Å². The van der Waals surface area contributed by atoms with Gasteiger partial charge in [0.25, 0.3) is 5.91 Å². The molecular weight excluding hydrogens is 396 g/mol. The lowest BCUT2D eigenvalue weighted by Crippen LogP contribution is -2.43. The zero-order valence-corrected chi connectivity index (χ0v) is 17.6. The van der Waals surface area contributed by atoms with E-state index in [9.17, 15) is 22.8 Å². The third kappa shape index (κ3) is 7.25. The minimum absolute atomic E-state index is 0.00292. The molecule has 2 atom stereocenters. The summed E-state index contributed by atoms with van der Waals surface area (Å²) in [6.45, 7) is 2.96. The Hall–Kier alpha value is -2.26. The Bertz CT molecular complexity index is 835. The third-order valence-corrected chi connectivity index (χ3v) is 6.49. The van der Waals surface area contributed by atoms with E-state index in [-0.39, 0.29) is 42.2 Å². The van der Waals surface area contributed by atoms with Crippen molar-refractivity contribution in [2.45, 2.75) is 56.9 Å². The summed E-state index contributed by atoms with van der Waals surface area (Å²) in [5, 5.41) is 2.89. The second-order valence-electron chi connectivity index (χ2n) is 7.32. The molecule has 1 saturated carbocycles. The van der Waals surface area contributed by atoms with Gasteiger partial charge in [0.15, 0.2) is 12.4 Å². The van der Waals surface area contributed by atoms with Crippen LogP contribution in [0.15, 0.2) is 29.2 Å². The number of hydrogen-bond donors (Lipinski definition) is 2. The number of sulfonamides is 1. The SMILES string of the molecule is CC(=O)c1ccc(S(=O)(=O)NCCC(=O)OCC(=O)N[C@@H]2CCCC[C@@H]2C)cc1. The van der Waals surface area contributed by atoms with Gasteiger partial charge in [-0.05, 0) is 37.8 Å².